The fourth-order valence-electron chi connectivity index (χ4n) is 2.46. The number of benzene rings is 2. The zero-order valence-electron chi connectivity index (χ0n) is 15.5. The molecule has 0 aliphatic rings. The molecule has 29 heavy (non-hydrogen) atoms. The first-order valence-electron chi connectivity index (χ1n) is 8.60. The molecule has 3 rings (SSSR count). The van der Waals surface area contributed by atoms with Gasteiger partial charge in [-0.25, -0.2) is 8.42 Å². The second-order valence-electron chi connectivity index (χ2n) is 6.09. The van der Waals surface area contributed by atoms with Crippen molar-refractivity contribution in [2.75, 3.05) is 10.0 Å². The zero-order chi connectivity index (χ0) is 20.9. The van der Waals surface area contributed by atoms with Crippen LogP contribution in [0.25, 0.3) is 0 Å². The molecule has 0 aliphatic heterocycles. The van der Waals surface area contributed by atoms with Crippen molar-refractivity contribution in [1.82, 2.24) is 0 Å². The van der Waals surface area contributed by atoms with Gasteiger partial charge in [-0.05, 0) is 54.8 Å². The third kappa shape index (κ3) is 5.40. The van der Waals surface area contributed by atoms with E-state index in [1.807, 2.05) is 11.4 Å². The number of carbonyl (C=O) groups excluding carboxylic acids is 2. The van der Waals surface area contributed by atoms with Gasteiger partial charge in [0.2, 0.25) is 0 Å². The van der Waals surface area contributed by atoms with Crippen molar-refractivity contribution in [2.45, 2.75) is 11.8 Å². The molecule has 0 bridgehead atoms. The van der Waals surface area contributed by atoms with Crippen LogP contribution >= 0.6 is 11.3 Å². The Morgan fingerprint density at radius 2 is 1.72 bits per heavy atom. The number of sulfonamides is 1. The van der Waals surface area contributed by atoms with Crippen LogP contribution in [0.5, 0.6) is 0 Å². The average Bonchev–Trinajstić information content (AvgIpc) is 3.23. The quantitative estimate of drug-likeness (QED) is 0.407. The van der Waals surface area contributed by atoms with Gasteiger partial charge >= 0.3 is 0 Å². The summed E-state index contributed by atoms with van der Waals surface area (Å²) in [5.41, 5.74) is 1.38. The van der Waals surface area contributed by atoms with E-state index in [1.165, 1.54) is 48.7 Å². The number of anilines is 2. The normalized spacial score (nSPS) is 11.3. The molecule has 0 amide bonds. The van der Waals surface area contributed by atoms with Gasteiger partial charge in [-0.1, -0.05) is 18.2 Å². The highest BCUT2D eigenvalue weighted by molar-refractivity contribution is 7.92. The lowest BCUT2D eigenvalue weighted by molar-refractivity contribution is 0.101. The number of hydrogen-bond acceptors (Lipinski definition) is 6. The maximum Gasteiger partial charge on any atom is 0.261 e. The minimum atomic E-state index is -3.80. The van der Waals surface area contributed by atoms with Crippen LogP contribution in [-0.4, -0.2) is 20.0 Å². The highest BCUT2D eigenvalue weighted by Crippen LogP contribution is 2.19. The Kier molecular flexibility index (Phi) is 6.26. The molecule has 0 saturated carbocycles. The molecule has 0 fully saturated rings. The third-order valence-electron chi connectivity index (χ3n) is 3.93. The van der Waals surface area contributed by atoms with Crippen molar-refractivity contribution in [3.63, 3.8) is 0 Å². The van der Waals surface area contributed by atoms with Crippen molar-refractivity contribution >= 4 is 44.3 Å². The molecule has 8 heteroatoms. The van der Waals surface area contributed by atoms with E-state index < -0.39 is 10.0 Å². The third-order valence-corrected chi connectivity index (χ3v) is 6.22. The van der Waals surface area contributed by atoms with Gasteiger partial charge in [0.05, 0.1) is 9.77 Å². The van der Waals surface area contributed by atoms with Crippen molar-refractivity contribution < 1.29 is 18.0 Å². The smallest absolute Gasteiger partial charge is 0.261 e. The summed E-state index contributed by atoms with van der Waals surface area (Å²) in [7, 11) is -3.80. The molecule has 0 atom stereocenters. The molecule has 0 aliphatic carbocycles. The first-order valence-corrected chi connectivity index (χ1v) is 11.0. The summed E-state index contributed by atoms with van der Waals surface area (Å²) >= 11 is 1.36. The Labute approximate surface area is 173 Å². The molecule has 0 radical (unpaired) electrons. The summed E-state index contributed by atoms with van der Waals surface area (Å²) < 4.78 is 27.6. The molecule has 1 heterocycles. The predicted molar refractivity (Wildman–Crippen MR) is 115 cm³/mol. The standard InChI is InChI=1S/C21H18N2O4S2/c1-15(24)16-4-2-5-18(14-16)23-29(26,27)19-9-7-17(8-10-19)22-12-11-20(25)21-6-3-13-28-21/h2-14,22-23H,1H3/b12-11-. The highest BCUT2D eigenvalue weighted by Gasteiger charge is 2.14. The van der Waals surface area contributed by atoms with Crippen LogP contribution in [0.2, 0.25) is 0 Å². The maximum atomic E-state index is 12.6. The summed E-state index contributed by atoms with van der Waals surface area (Å²) in [4.78, 5) is 24.1. The Hall–Kier alpha value is -3.23. The lowest BCUT2D eigenvalue weighted by atomic mass is 10.1. The number of allylic oxidation sites excluding steroid dienone is 1. The summed E-state index contributed by atoms with van der Waals surface area (Å²) in [6.45, 7) is 1.42. The van der Waals surface area contributed by atoms with Crippen molar-refractivity contribution in [3.05, 3.63) is 88.8 Å². The number of rotatable bonds is 8. The fourth-order valence-corrected chi connectivity index (χ4v) is 4.16. The number of Topliss-reactive ketones (excluding diaryl/α,β-unsaturated/α-hetero) is 1. The Bertz CT molecular complexity index is 1150. The van der Waals surface area contributed by atoms with Crippen molar-refractivity contribution in [2.24, 2.45) is 0 Å². The first-order chi connectivity index (χ1) is 13.8. The second-order valence-corrected chi connectivity index (χ2v) is 8.72. The van der Waals surface area contributed by atoms with E-state index in [0.29, 0.717) is 21.8 Å². The average molecular weight is 427 g/mol. The SMILES string of the molecule is CC(=O)c1cccc(NS(=O)(=O)c2ccc(N/C=C\C(=O)c3cccs3)cc2)c1. The Balaban J connectivity index is 1.66. The molecule has 0 saturated heterocycles. The van der Waals surface area contributed by atoms with Crippen LogP contribution in [-0.2, 0) is 10.0 Å². The van der Waals surface area contributed by atoms with E-state index in [4.69, 9.17) is 0 Å². The van der Waals surface area contributed by atoms with Crippen LogP contribution in [0.15, 0.2) is 83.2 Å². The molecular formula is C21H18N2O4S2. The molecular weight excluding hydrogens is 408 g/mol. The molecule has 6 nitrogen and oxygen atoms in total. The van der Waals surface area contributed by atoms with Gasteiger partial charge in [-0.15, -0.1) is 11.3 Å². The van der Waals surface area contributed by atoms with Gasteiger partial charge in [0.25, 0.3) is 10.0 Å². The van der Waals surface area contributed by atoms with E-state index in [0.717, 1.165) is 0 Å². The Morgan fingerprint density at radius 3 is 2.38 bits per heavy atom. The van der Waals surface area contributed by atoms with Gasteiger partial charge in [0.15, 0.2) is 11.6 Å². The second kappa shape index (κ2) is 8.85. The van der Waals surface area contributed by atoms with Crippen molar-refractivity contribution in [1.29, 1.82) is 0 Å². The lowest BCUT2D eigenvalue weighted by Gasteiger charge is -2.09. The van der Waals surface area contributed by atoms with Crippen LogP contribution in [0.1, 0.15) is 27.0 Å². The number of thiophene rings is 1. The molecule has 0 spiro atoms. The van der Waals surface area contributed by atoms with Crippen LogP contribution in [0, 0.1) is 0 Å². The lowest BCUT2D eigenvalue weighted by Crippen LogP contribution is -2.13. The first kappa shape index (κ1) is 20.5. The van der Waals surface area contributed by atoms with Crippen LogP contribution in [0.3, 0.4) is 0 Å². The number of ketones is 2. The van der Waals surface area contributed by atoms with E-state index in [1.54, 1.807) is 36.4 Å². The largest absolute Gasteiger partial charge is 0.362 e. The molecule has 148 valence electrons. The van der Waals surface area contributed by atoms with E-state index >= 15 is 0 Å². The zero-order valence-corrected chi connectivity index (χ0v) is 17.1. The summed E-state index contributed by atoms with van der Waals surface area (Å²) in [6.07, 6.45) is 2.93. The predicted octanol–water partition coefficient (Wildman–Crippen LogP) is 4.56. The number of nitrogens with one attached hydrogen (secondary N) is 2. The highest BCUT2D eigenvalue weighted by atomic mass is 32.2. The maximum absolute atomic E-state index is 12.6. The van der Waals surface area contributed by atoms with E-state index in [9.17, 15) is 18.0 Å². The Morgan fingerprint density at radius 1 is 0.966 bits per heavy atom. The minimum absolute atomic E-state index is 0.0786. The summed E-state index contributed by atoms with van der Waals surface area (Å²) in [6, 6.07) is 16.0. The van der Waals surface area contributed by atoms with Gasteiger partial charge in [0, 0.05) is 29.2 Å². The van der Waals surface area contributed by atoms with Gasteiger partial charge in [0.1, 0.15) is 0 Å². The minimum Gasteiger partial charge on any atom is -0.362 e. The summed E-state index contributed by atoms with van der Waals surface area (Å²) in [5.74, 6) is -0.254. The number of hydrogen-bond donors (Lipinski definition) is 2. The molecule has 2 N–H and O–H groups in total. The number of carbonyl (C=O) groups is 2. The van der Waals surface area contributed by atoms with Crippen molar-refractivity contribution in [3.8, 4) is 0 Å². The monoisotopic (exact) mass is 426 g/mol. The van der Waals surface area contributed by atoms with Crippen LogP contribution < -0.4 is 10.0 Å². The molecule has 1 aromatic heterocycles. The van der Waals surface area contributed by atoms with E-state index in [-0.39, 0.29) is 16.5 Å². The van der Waals surface area contributed by atoms with Gasteiger partial charge in [-0.2, -0.15) is 0 Å². The van der Waals surface area contributed by atoms with Crippen LogP contribution in [0.4, 0.5) is 11.4 Å². The fraction of sp³-hybridized carbons (Fsp3) is 0.0476. The molecule has 0 unspecified atom stereocenters. The van der Waals surface area contributed by atoms with E-state index in [2.05, 4.69) is 10.0 Å². The molecule has 3 aromatic rings. The summed E-state index contributed by atoms with van der Waals surface area (Å²) in [5, 5.41) is 4.77. The molecule has 2 aromatic carbocycles. The topological polar surface area (TPSA) is 92.3 Å². The van der Waals surface area contributed by atoms with Gasteiger partial charge in [-0.3, -0.25) is 14.3 Å². The van der Waals surface area contributed by atoms with Gasteiger partial charge < -0.3 is 5.32 Å².